The fourth-order valence-electron chi connectivity index (χ4n) is 2.63. The SMILES string of the molecule is CC(=O)N[C@@H](CC(=O)N[C@H]1CCCc2cccnc21)C(=O)[O-].[Na+]. The number of pyridine rings is 1. The van der Waals surface area contributed by atoms with E-state index in [9.17, 15) is 19.5 Å². The van der Waals surface area contributed by atoms with Crippen molar-refractivity contribution in [3.05, 3.63) is 29.6 Å². The van der Waals surface area contributed by atoms with Crippen molar-refractivity contribution in [1.29, 1.82) is 0 Å². The molecule has 2 rings (SSSR count). The molecule has 0 fully saturated rings. The summed E-state index contributed by atoms with van der Waals surface area (Å²) < 4.78 is 0. The number of carbonyl (C=O) groups is 3. The van der Waals surface area contributed by atoms with E-state index < -0.39 is 23.8 Å². The molecule has 0 unspecified atom stereocenters. The normalized spacial score (nSPS) is 17.2. The Hall–Kier alpha value is -1.44. The molecule has 1 aliphatic rings. The van der Waals surface area contributed by atoms with Gasteiger partial charge in [0, 0.05) is 13.1 Å². The second-order valence-corrected chi connectivity index (χ2v) is 5.34. The number of carboxylic acid groups (broad SMARTS) is 1. The summed E-state index contributed by atoms with van der Waals surface area (Å²) in [5.41, 5.74) is 1.92. The van der Waals surface area contributed by atoms with Gasteiger partial charge in [-0.1, -0.05) is 6.07 Å². The molecule has 1 heterocycles. The van der Waals surface area contributed by atoms with Gasteiger partial charge in [0.25, 0.3) is 0 Å². The molecule has 118 valence electrons. The fourth-order valence-corrected chi connectivity index (χ4v) is 2.63. The molecule has 2 atom stereocenters. The Kier molecular flexibility index (Phi) is 7.67. The molecule has 0 saturated heterocycles. The zero-order valence-corrected chi connectivity index (χ0v) is 15.3. The monoisotopic (exact) mass is 327 g/mol. The van der Waals surface area contributed by atoms with E-state index in [0.717, 1.165) is 30.5 Å². The van der Waals surface area contributed by atoms with Gasteiger partial charge in [0.1, 0.15) is 0 Å². The number of carboxylic acids is 1. The Balaban J connectivity index is 0.00000264. The predicted octanol–water partition coefficient (Wildman–Crippen LogP) is -3.78. The van der Waals surface area contributed by atoms with E-state index in [1.165, 1.54) is 6.92 Å². The maximum Gasteiger partial charge on any atom is 1.00 e. The zero-order valence-electron chi connectivity index (χ0n) is 13.3. The Morgan fingerprint density at radius 2 is 2.17 bits per heavy atom. The van der Waals surface area contributed by atoms with Crippen molar-refractivity contribution >= 4 is 17.8 Å². The van der Waals surface area contributed by atoms with E-state index in [-0.39, 0.29) is 42.0 Å². The van der Waals surface area contributed by atoms with Gasteiger partial charge >= 0.3 is 29.6 Å². The molecule has 0 aromatic carbocycles. The van der Waals surface area contributed by atoms with E-state index in [1.807, 2.05) is 12.1 Å². The van der Waals surface area contributed by atoms with Crippen molar-refractivity contribution in [2.75, 3.05) is 0 Å². The minimum absolute atomic E-state index is 0. The number of aromatic nitrogens is 1. The topological polar surface area (TPSA) is 111 Å². The number of nitrogens with one attached hydrogen (secondary N) is 2. The molecule has 0 saturated carbocycles. The molecule has 2 amide bonds. The van der Waals surface area contributed by atoms with Gasteiger partial charge in [0.05, 0.1) is 30.2 Å². The van der Waals surface area contributed by atoms with Crippen molar-refractivity contribution < 1.29 is 49.0 Å². The summed E-state index contributed by atoms with van der Waals surface area (Å²) in [5, 5.41) is 15.9. The Morgan fingerprint density at radius 3 is 2.83 bits per heavy atom. The third kappa shape index (κ3) is 5.60. The van der Waals surface area contributed by atoms with E-state index in [4.69, 9.17) is 0 Å². The van der Waals surface area contributed by atoms with Crippen LogP contribution in [-0.4, -0.2) is 28.8 Å². The van der Waals surface area contributed by atoms with Crippen molar-refractivity contribution in [2.45, 2.75) is 44.7 Å². The molecule has 2 N–H and O–H groups in total. The number of nitrogens with zero attached hydrogens (tertiary/aromatic N) is 1. The molecule has 0 bridgehead atoms. The molecule has 1 aromatic rings. The maximum absolute atomic E-state index is 12.0. The van der Waals surface area contributed by atoms with Crippen LogP contribution < -0.4 is 45.3 Å². The number of amides is 2. The minimum Gasteiger partial charge on any atom is -0.548 e. The number of hydrogen-bond donors (Lipinski definition) is 2. The van der Waals surface area contributed by atoms with Gasteiger partial charge in [-0.3, -0.25) is 14.6 Å². The van der Waals surface area contributed by atoms with Gasteiger partial charge in [-0.05, 0) is 30.9 Å². The number of fused-ring (bicyclic) bond motifs is 1. The Morgan fingerprint density at radius 1 is 1.43 bits per heavy atom. The molecule has 0 radical (unpaired) electrons. The number of aliphatic carboxylic acids is 1. The number of aryl methyl sites for hydroxylation is 1. The van der Waals surface area contributed by atoms with Crippen LogP contribution in [0.25, 0.3) is 0 Å². The summed E-state index contributed by atoms with van der Waals surface area (Å²) in [6, 6.07) is 2.27. The van der Waals surface area contributed by atoms with E-state index >= 15 is 0 Å². The fraction of sp³-hybridized carbons (Fsp3) is 0.467. The molecular formula is C15H18N3NaO4. The van der Waals surface area contributed by atoms with Crippen LogP contribution in [0.5, 0.6) is 0 Å². The Bertz CT molecular complexity index is 594. The first-order valence-electron chi connectivity index (χ1n) is 7.18. The quantitative estimate of drug-likeness (QED) is 0.539. The first kappa shape index (κ1) is 19.6. The molecule has 7 nitrogen and oxygen atoms in total. The summed E-state index contributed by atoms with van der Waals surface area (Å²) in [5.74, 6) is -2.45. The summed E-state index contributed by atoms with van der Waals surface area (Å²) >= 11 is 0. The maximum atomic E-state index is 12.0. The van der Waals surface area contributed by atoms with Crippen molar-refractivity contribution in [2.24, 2.45) is 0 Å². The molecular weight excluding hydrogens is 309 g/mol. The van der Waals surface area contributed by atoms with Crippen LogP contribution in [0.2, 0.25) is 0 Å². The molecule has 23 heavy (non-hydrogen) atoms. The number of rotatable bonds is 5. The van der Waals surface area contributed by atoms with E-state index in [2.05, 4.69) is 15.6 Å². The summed E-state index contributed by atoms with van der Waals surface area (Å²) in [6.45, 7) is 1.19. The largest absolute Gasteiger partial charge is 1.00 e. The molecule has 0 aliphatic heterocycles. The van der Waals surface area contributed by atoms with Crippen LogP contribution in [0.3, 0.4) is 0 Å². The first-order chi connectivity index (χ1) is 10.5. The van der Waals surface area contributed by atoms with Crippen molar-refractivity contribution in [1.82, 2.24) is 15.6 Å². The molecule has 1 aliphatic carbocycles. The van der Waals surface area contributed by atoms with Gasteiger partial charge in [0.2, 0.25) is 11.8 Å². The average molecular weight is 327 g/mol. The van der Waals surface area contributed by atoms with Gasteiger partial charge in [-0.15, -0.1) is 0 Å². The predicted molar refractivity (Wildman–Crippen MR) is 75.3 cm³/mol. The van der Waals surface area contributed by atoms with Crippen LogP contribution in [0, 0.1) is 0 Å². The zero-order chi connectivity index (χ0) is 16.1. The van der Waals surface area contributed by atoms with E-state index in [0.29, 0.717) is 0 Å². The van der Waals surface area contributed by atoms with E-state index in [1.54, 1.807) is 6.20 Å². The second kappa shape index (κ2) is 9.00. The van der Waals surface area contributed by atoms with Crippen LogP contribution in [-0.2, 0) is 20.8 Å². The number of hydrogen-bond acceptors (Lipinski definition) is 5. The van der Waals surface area contributed by atoms with Gasteiger partial charge < -0.3 is 20.5 Å². The standard InChI is InChI=1S/C15H19N3O4.Na/c1-9(19)17-12(15(21)22)8-13(20)18-11-6-2-4-10-5-3-7-16-14(10)11;/h3,5,7,11-12H,2,4,6,8H2,1H3,(H,17,19)(H,18,20)(H,21,22);/q;+1/p-1/t11-,12-;/m0./s1. The van der Waals surface area contributed by atoms with Crippen molar-refractivity contribution in [3.8, 4) is 0 Å². The van der Waals surface area contributed by atoms with Crippen molar-refractivity contribution in [3.63, 3.8) is 0 Å². The van der Waals surface area contributed by atoms with Crippen LogP contribution in [0.1, 0.15) is 43.5 Å². The second-order valence-electron chi connectivity index (χ2n) is 5.34. The van der Waals surface area contributed by atoms with Gasteiger partial charge in [-0.25, -0.2) is 0 Å². The smallest absolute Gasteiger partial charge is 0.548 e. The molecule has 8 heteroatoms. The number of carbonyl (C=O) groups excluding carboxylic acids is 3. The molecule has 0 spiro atoms. The molecule has 1 aromatic heterocycles. The minimum atomic E-state index is -1.48. The Labute approximate surface area is 156 Å². The third-order valence-electron chi connectivity index (χ3n) is 3.58. The summed E-state index contributed by atoms with van der Waals surface area (Å²) in [6.07, 6.45) is 3.92. The summed E-state index contributed by atoms with van der Waals surface area (Å²) in [4.78, 5) is 38.2. The first-order valence-corrected chi connectivity index (χ1v) is 7.18. The van der Waals surface area contributed by atoms with Crippen LogP contribution in [0.4, 0.5) is 0 Å². The van der Waals surface area contributed by atoms with Crippen LogP contribution in [0.15, 0.2) is 18.3 Å². The van der Waals surface area contributed by atoms with Crippen LogP contribution >= 0.6 is 0 Å². The van der Waals surface area contributed by atoms with Gasteiger partial charge in [-0.2, -0.15) is 0 Å². The third-order valence-corrected chi connectivity index (χ3v) is 3.58. The van der Waals surface area contributed by atoms with Gasteiger partial charge in [0.15, 0.2) is 0 Å². The average Bonchev–Trinajstić information content (AvgIpc) is 2.46. The summed E-state index contributed by atoms with van der Waals surface area (Å²) in [7, 11) is 0.